The minimum atomic E-state index is -0.354. The SMILES string of the molecule is CCCCOc1ccc(C=CC(=O)Nc2sc3c(c2C(=O)OCC)CCC(C)C3)cc1. The molecule has 1 aromatic heterocycles. The van der Waals surface area contributed by atoms with E-state index >= 15 is 0 Å². The van der Waals surface area contributed by atoms with Crippen LogP contribution in [-0.4, -0.2) is 25.1 Å². The highest BCUT2D eigenvalue weighted by molar-refractivity contribution is 7.17. The third kappa shape index (κ3) is 6.20. The summed E-state index contributed by atoms with van der Waals surface area (Å²) < 4.78 is 10.9. The van der Waals surface area contributed by atoms with Crippen LogP contribution in [0.4, 0.5) is 5.00 Å². The topological polar surface area (TPSA) is 64.6 Å². The molecule has 0 radical (unpaired) electrons. The monoisotopic (exact) mass is 441 g/mol. The molecule has 0 aliphatic heterocycles. The first kappa shape index (κ1) is 23.1. The van der Waals surface area contributed by atoms with Crippen LogP contribution in [0.25, 0.3) is 6.08 Å². The molecular weight excluding hydrogens is 410 g/mol. The van der Waals surface area contributed by atoms with Gasteiger partial charge in [0.15, 0.2) is 0 Å². The molecule has 0 spiro atoms. The van der Waals surface area contributed by atoms with Crippen molar-refractivity contribution in [1.29, 1.82) is 0 Å². The van der Waals surface area contributed by atoms with Crippen molar-refractivity contribution in [3.05, 3.63) is 51.9 Å². The van der Waals surface area contributed by atoms with Gasteiger partial charge in [-0.25, -0.2) is 4.79 Å². The molecule has 1 aliphatic carbocycles. The van der Waals surface area contributed by atoms with E-state index in [9.17, 15) is 9.59 Å². The summed E-state index contributed by atoms with van der Waals surface area (Å²) in [5.41, 5.74) is 2.48. The summed E-state index contributed by atoms with van der Waals surface area (Å²) in [6.45, 7) is 7.16. The summed E-state index contributed by atoms with van der Waals surface area (Å²) in [5, 5.41) is 3.49. The molecule has 1 unspecified atom stereocenters. The number of amides is 1. The highest BCUT2D eigenvalue weighted by Crippen LogP contribution is 2.40. The molecule has 166 valence electrons. The fraction of sp³-hybridized carbons (Fsp3) is 0.440. The van der Waals surface area contributed by atoms with E-state index in [0.717, 1.165) is 49.0 Å². The summed E-state index contributed by atoms with van der Waals surface area (Å²) in [7, 11) is 0. The first-order valence-corrected chi connectivity index (χ1v) is 11.9. The number of thiophene rings is 1. The third-order valence-electron chi connectivity index (χ3n) is 5.30. The van der Waals surface area contributed by atoms with E-state index in [2.05, 4.69) is 19.2 Å². The Morgan fingerprint density at radius 3 is 2.71 bits per heavy atom. The molecule has 6 heteroatoms. The number of esters is 1. The number of rotatable bonds is 9. The number of anilines is 1. The Morgan fingerprint density at radius 2 is 2.00 bits per heavy atom. The third-order valence-corrected chi connectivity index (χ3v) is 6.47. The van der Waals surface area contributed by atoms with Crippen LogP contribution in [0.2, 0.25) is 0 Å². The normalized spacial score (nSPS) is 15.5. The summed E-state index contributed by atoms with van der Waals surface area (Å²) in [4.78, 5) is 26.3. The fourth-order valence-electron chi connectivity index (χ4n) is 3.59. The molecule has 2 aromatic rings. The van der Waals surface area contributed by atoms with Gasteiger partial charge < -0.3 is 14.8 Å². The zero-order valence-electron chi connectivity index (χ0n) is 18.5. The van der Waals surface area contributed by atoms with Crippen LogP contribution < -0.4 is 10.1 Å². The van der Waals surface area contributed by atoms with Crippen molar-refractivity contribution >= 4 is 34.3 Å². The molecule has 5 nitrogen and oxygen atoms in total. The second-order valence-electron chi connectivity index (χ2n) is 7.87. The van der Waals surface area contributed by atoms with Crippen molar-refractivity contribution in [2.45, 2.75) is 52.9 Å². The molecule has 1 amide bonds. The van der Waals surface area contributed by atoms with E-state index in [4.69, 9.17) is 9.47 Å². The Hall–Kier alpha value is -2.60. The molecule has 3 rings (SSSR count). The summed E-state index contributed by atoms with van der Waals surface area (Å²) in [5.74, 6) is 0.791. The van der Waals surface area contributed by atoms with Crippen LogP contribution in [0.3, 0.4) is 0 Å². The predicted octanol–water partition coefficient (Wildman–Crippen LogP) is 5.88. The molecule has 1 aliphatic rings. The van der Waals surface area contributed by atoms with Gasteiger partial charge in [-0.3, -0.25) is 4.79 Å². The van der Waals surface area contributed by atoms with Crippen LogP contribution in [0.1, 0.15) is 66.4 Å². The second kappa shape index (κ2) is 11.1. The van der Waals surface area contributed by atoms with Gasteiger partial charge in [0.05, 0.1) is 18.8 Å². The molecule has 0 saturated heterocycles. The molecule has 1 N–H and O–H groups in total. The molecule has 1 heterocycles. The van der Waals surface area contributed by atoms with Gasteiger partial charge in [0.2, 0.25) is 5.91 Å². The molecule has 0 fully saturated rings. The Balaban J connectivity index is 1.69. The number of ether oxygens (including phenoxy) is 2. The van der Waals surface area contributed by atoms with Gasteiger partial charge in [-0.1, -0.05) is 32.4 Å². The quantitative estimate of drug-likeness (QED) is 0.300. The summed E-state index contributed by atoms with van der Waals surface area (Å²) in [6, 6.07) is 7.64. The van der Waals surface area contributed by atoms with Crippen LogP contribution in [0, 0.1) is 5.92 Å². The number of nitrogens with one attached hydrogen (secondary N) is 1. The number of carbonyl (C=O) groups is 2. The molecule has 31 heavy (non-hydrogen) atoms. The number of hydrogen-bond acceptors (Lipinski definition) is 5. The van der Waals surface area contributed by atoms with Gasteiger partial charge in [-0.05, 0) is 67.9 Å². The Kier molecular flexibility index (Phi) is 8.29. The van der Waals surface area contributed by atoms with Crippen LogP contribution in [-0.2, 0) is 22.4 Å². The first-order chi connectivity index (χ1) is 15.0. The molecule has 0 bridgehead atoms. The first-order valence-electron chi connectivity index (χ1n) is 11.0. The van der Waals surface area contributed by atoms with Gasteiger partial charge in [0, 0.05) is 11.0 Å². The fourth-order valence-corrected chi connectivity index (χ4v) is 4.99. The van der Waals surface area contributed by atoms with Crippen molar-refractivity contribution in [1.82, 2.24) is 0 Å². The van der Waals surface area contributed by atoms with Crippen molar-refractivity contribution in [2.24, 2.45) is 5.92 Å². The van der Waals surface area contributed by atoms with Gasteiger partial charge in [0.25, 0.3) is 0 Å². The van der Waals surface area contributed by atoms with Crippen molar-refractivity contribution < 1.29 is 19.1 Å². The lowest BCUT2D eigenvalue weighted by Crippen LogP contribution is -2.15. The van der Waals surface area contributed by atoms with E-state index in [-0.39, 0.29) is 11.9 Å². The number of carbonyl (C=O) groups excluding carboxylic acids is 2. The van der Waals surface area contributed by atoms with E-state index in [1.54, 1.807) is 13.0 Å². The van der Waals surface area contributed by atoms with Crippen molar-refractivity contribution in [2.75, 3.05) is 18.5 Å². The number of unbranched alkanes of at least 4 members (excludes halogenated alkanes) is 1. The lowest BCUT2D eigenvalue weighted by atomic mass is 9.88. The van der Waals surface area contributed by atoms with Crippen LogP contribution >= 0.6 is 11.3 Å². The average molecular weight is 442 g/mol. The predicted molar refractivity (Wildman–Crippen MR) is 126 cm³/mol. The number of fused-ring (bicyclic) bond motifs is 1. The Bertz CT molecular complexity index is 930. The molecule has 1 atom stereocenters. The molecule has 0 saturated carbocycles. The van der Waals surface area contributed by atoms with E-state index in [1.165, 1.54) is 22.3 Å². The zero-order chi connectivity index (χ0) is 22.2. The van der Waals surface area contributed by atoms with E-state index in [0.29, 0.717) is 29.7 Å². The summed E-state index contributed by atoms with van der Waals surface area (Å²) >= 11 is 1.50. The molecular formula is C25H31NO4S. The smallest absolute Gasteiger partial charge is 0.341 e. The largest absolute Gasteiger partial charge is 0.494 e. The van der Waals surface area contributed by atoms with E-state index in [1.807, 2.05) is 24.3 Å². The van der Waals surface area contributed by atoms with Gasteiger partial charge in [0.1, 0.15) is 10.8 Å². The highest BCUT2D eigenvalue weighted by atomic mass is 32.1. The Morgan fingerprint density at radius 1 is 1.23 bits per heavy atom. The summed E-state index contributed by atoms with van der Waals surface area (Å²) in [6.07, 6.45) is 8.20. The van der Waals surface area contributed by atoms with Crippen molar-refractivity contribution in [3.8, 4) is 5.75 Å². The maximum absolute atomic E-state index is 12.6. The van der Waals surface area contributed by atoms with Crippen molar-refractivity contribution in [3.63, 3.8) is 0 Å². The second-order valence-corrected chi connectivity index (χ2v) is 8.98. The van der Waals surface area contributed by atoms with E-state index < -0.39 is 0 Å². The lowest BCUT2D eigenvalue weighted by molar-refractivity contribution is -0.111. The molecule has 1 aromatic carbocycles. The van der Waals surface area contributed by atoms with Crippen LogP contribution in [0.15, 0.2) is 30.3 Å². The minimum Gasteiger partial charge on any atom is -0.494 e. The maximum atomic E-state index is 12.6. The van der Waals surface area contributed by atoms with Crippen LogP contribution in [0.5, 0.6) is 5.75 Å². The Labute approximate surface area is 188 Å². The average Bonchev–Trinajstić information content (AvgIpc) is 3.10. The van der Waals surface area contributed by atoms with Gasteiger partial charge in [-0.2, -0.15) is 0 Å². The van der Waals surface area contributed by atoms with Gasteiger partial charge >= 0.3 is 5.97 Å². The zero-order valence-corrected chi connectivity index (χ0v) is 19.3. The minimum absolute atomic E-state index is 0.263. The van der Waals surface area contributed by atoms with Gasteiger partial charge in [-0.15, -0.1) is 11.3 Å². The maximum Gasteiger partial charge on any atom is 0.341 e. The standard InChI is InChI=1S/C25H31NO4S/c1-4-6-15-30-19-11-8-18(9-12-19)10-14-22(27)26-24-23(25(28)29-5-2)20-13-7-17(3)16-21(20)31-24/h8-12,14,17H,4-7,13,15-16H2,1-3H3,(H,26,27). The number of benzene rings is 1. The number of hydrogen-bond donors (Lipinski definition) is 1. The lowest BCUT2D eigenvalue weighted by Gasteiger charge is -2.18. The highest BCUT2D eigenvalue weighted by Gasteiger charge is 2.28.